The van der Waals surface area contributed by atoms with Crippen LogP contribution in [0.3, 0.4) is 0 Å². The second kappa shape index (κ2) is 3.69. The number of nitrogens with zero attached hydrogens (tertiary/aromatic N) is 1. The minimum atomic E-state index is -1.08. The maximum Gasteiger partial charge on any atom is 0.354 e. The van der Waals surface area contributed by atoms with Crippen molar-refractivity contribution in [2.75, 3.05) is 5.43 Å². The molecule has 1 heterocycles. The van der Waals surface area contributed by atoms with Gasteiger partial charge in [0, 0.05) is 12.3 Å². The fourth-order valence-electron chi connectivity index (χ4n) is 1.59. The van der Waals surface area contributed by atoms with Gasteiger partial charge in [-0.25, -0.2) is 9.47 Å². The number of carbonyl (C=O) groups is 2. The van der Waals surface area contributed by atoms with Gasteiger partial charge >= 0.3 is 5.97 Å². The lowest BCUT2D eigenvalue weighted by Gasteiger charge is -2.07. The summed E-state index contributed by atoms with van der Waals surface area (Å²) in [4.78, 5) is 22.0. The van der Waals surface area contributed by atoms with Gasteiger partial charge in [0.05, 0.1) is 5.52 Å². The summed E-state index contributed by atoms with van der Waals surface area (Å²) in [5, 5.41) is 9.78. The number of rotatable bonds is 2. The lowest BCUT2D eigenvalue weighted by atomic mass is 10.2. The Morgan fingerprint density at radius 2 is 2.00 bits per heavy atom. The van der Waals surface area contributed by atoms with E-state index in [-0.39, 0.29) is 11.6 Å². The number of aromatic carboxylic acids is 1. The monoisotopic (exact) mass is 218 g/mol. The zero-order valence-corrected chi connectivity index (χ0v) is 8.60. The van der Waals surface area contributed by atoms with E-state index in [2.05, 4.69) is 5.43 Å². The molecule has 2 aromatic rings. The molecule has 16 heavy (non-hydrogen) atoms. The molecule has 0 unspecified atom stereocenters. The third-order valence-corrected chi connectivity index (χ3v) is 2.20. The van der Waals surface area contributed by atoms with Gasteiger partial charge in [-0.05, 0) is 12.1 Å². The molecule has 1 aromatic carbocycles. The molecule has 2 N–H and O–H groups in total. The fourth-order valence-corrected chi connectivity index (χ4v) is 1.59. The van der Waals surface area contributed by atoms with Gasteiger partial charge in [-0.1, -0.05) is 18.2 Å². The van der Waals surface area contributed by atoms with Crippen LogP contribution in [-0.4, -0.2) is 21.7 Å². The summed E-state index contributed by atoms with van der Waals surface area (Å²) in [6.07, 6.45) is 0. The topological polar surface area (TPSA) is 71.3 Å². The summed E-state index contributed by atoms with van der Waals surface area (Å²) in [5.41, 5.74) is 3.18. The normalized spacial score (nSPS) is 10.3. The quantitative estimate of drug-likeness (QED) is 0.800. The van der Waals surface area contributed by atoms with E-state index in [1.165, 1.54) is 17.7 Å². The molecule has 0 fully saturated rings. The molecular formula is C11H10N2O3. The first kappa shape index (κ1) is 10.2. The van der Waals surface area contributed by atoms with Crippen molar-refractivity contribution in [2.45, 2.75) is 6.92 Å². The standard InChI is InChI=1S/C11H10N2O3/c1-7(14)12-13-9-5-3-2-4-8(9)6-10(13)11(15)16/h2-6H,1H3,(H,12,14)(H,15,16). The molecule has 0 aliphatic heterocycles. The SMILES string of the molecule is CC(=O)Nn1c(C(=O)O)cc2ccccc21. The van der Waals surface area contributed by atoms with Crippen molar-refractivity contribution in [3.63, 3.8) is 0 Å². The highest BCUT2D eigenvalue weighted by molar-refractivity contribution is 5.96. The van der Waals surface area contributed by atoms with Gasteiger partial charge in [-0.15, -0.1) is 0 Å². The number of carboxylic acids is 1. The average Bonchev–Trinajstić information content (AvgIpc) is 2.57. The third-order valence-electron chi connectivity index (χ3n) is 2.20. The largest absolute Gasteiger partial charge is 0.477 e. The number of amides is 1. The first-order valence-corrected chi connectivity index (χ1v) is 4.71. The number of aromatic nitrogens is 1. The Kier molecular flexibility index (Phi) is 2.36. The van der Waals surface area contributed by atoms with Gasteiger partial charge < -0.3 is 5.11 Å². The van der Waals surface area contributed by atoms with Crippen molar-refractivity contribution in [1.29, 1.82) is 0 Å². The van der Waals surface area contributed by atoms with Crippen LogP contribution in [0.2, 0.25) is 0 Å². The smallest absolute Gasteiger partial charge is 0.354 e. The number of hydrogen-bond donors (Lipinski definition) is 2. The Morgan fingerprint density at radius 3 is 2.62 bits per heavy atom. The summed E-state index contributed by atoms with van der Waals surface area (Å²) in [5.74, 6) is -1.39. The second-order valence-electron chi connectivity index (χ2n) is 3.40. The van der Waals surface area contributed by atoms with Crippen LogP contribution in [0.15, 0.2) is 30.3 Å². The maximum atomic E-state index is 11.0. The molecule has 0 saturated carbocycles. The minimum Gasteiger partial charge on any atom is -0.477 e. The van der Waals surface area contributed by atoms with E-state index in [0.717, 1.165) is 5.39 Å². The van der Waals surface area contributed by atoms with E-state index in [9.17, 15) is 9.59 Å². The lowest BCUT2D eigenvalue weighted by molar-refractivity contribution is -0.115. The van der Waals surface area contributed by atoms with Gasteiger partial charge in [0.1, 0.15) is 5.69 Å². The van der Waals surface area contributed by atoms with Gasteiger partial charge in [0.2, 0.25) is 5.91 Å². The number of carboxylic acid groups (broad SMARTS) is 1. The number of carbonyl (C=O) groups excluding carboxylic acids is 1. The van der Waals surface area contributed by atoms with E-state index in [4.69, 9.17) is 5.11 Å². The highest BCUT2D eigenvalue weighted by Crippen LogP contribution is 2.18. The molecule has 0 aliphatic carbocycles. The van der Waals surface area contributed by atoms with Crippen LogP contribution in [0.1, 0.15) is 17.4 Å². The Bertz CT molecular complexity index is 572. The molecule has 5 nitrogen and oxygen atoms in total. The van der Waals surface area contributed by atoms with Crippen LogP contribution < -0.4 is 5.43 Å². The number of benzene rings is 1. The van der Waals surface area contributed by atoms with Crippen molar-refractivity contribution < 1.29 is 14.7 Å². The molecule has 0 radical (unpaired) electrons. The van der Waals surface area contributed by atoms with E-state index in [1.807, 2.05) is 6.07 Å². The molecule has 0 atom stereocenters. The van der Waals surface area contributed by atoms with Gasteiger partial charge in [-0.3, -0.25) is 10.2 Å². The molecule has 1 aromatic heterocycles. The van der Waals surface area contributed by atoms with E-state index in [1.54, 1.807) is 18.2 Å². The zero-order chi connectivity index (χ0) is 11.7. The predicted octanol–water partition coefficient (Wildman–Crippen LogP) is 1.43. The van der Waals surface area contributed by atoms with E-state index in [0.29, 0.717) is 5.52 Å². The van der Waals surface area contributed by atoms with Crippen LogP contribution in [0.4, 0.5) is 0 Å². The molecule has 0 aliphatic rings. The molecule has 0 saturated heterocycles. The van der Waals surface area contributed by atoms with Gasteiger partial charge in [0.15, 0.2) is 0 Å². The van der Waals surface area contributed by atoms with Crippen molar-refractivity contribution in [3.05, 3.63) is 36.0 Å². The van der Waals surface area contributed by atoms with Crippen molar-refractivity contribution in [2.24, 2.45) is 0 Å². The van der Waals surface area contributed by atoms with Crippen LogP contribution in [0, 0.1) is 0 Å². The van der Waals surface area contributed by atoms with Crippen molar-refractivity contribution >= 4 is 22.8 Å². The molecular weight excluding hydrogens is 208 g/mol. The maximum absolute atomic E-state index is 11.0. The Morgan fingerprint density at radius 1 is 1.31 bits per heavy atom. The highest BCUT2D eigenvalue weighted by Gasteiger charge is 2.14. The predicted molar refractivity (Wildman–Crippen MR) is 58.9 cm³/mol. The van der Waals surface area contributed by atoms with Gasteiger partial charge in [-0.2, -0.15) is 0 Å². The van der Waals surface area contributed by atoms with Crippen LogP contribution >= 0.6 is 0 Å². The van der Waals surface area contributed by atoms with Crippen LogP contribution in [0.5, 0.6) is 0 Å². The van der Waals surface area contributed by atoms with Crippen LogP contribution in [0.25, 0.3) is 10.9 Å². The average molecular weight is 218 g/mol. The second-order valence-corrected chi connectivity index (χ2v) is 3.40. The summed E-state index contributed by atoms with van der Waals surface area (Å²) in [6, 6.07) is 8.66. The summed E-state index contributed by atoms with van der Waals surface area (Å²) < 4.78 is 1.28. The Labute approximate surface area is 91.3 Å². The first-order chi connectivity index (χ1) is 7.59. The molecule has 82 valence electrons. The molecule has 1 amide bonds. The minimum absolute atomic E-state index is 0.0383. The van der Waals surface area contributed by atoms with Crippen LogP contribution in [-0.2, 0) is 4.79 Å². The first-order valence-electron chi connectivity index (χ1n) is 4.71. The summed E-state index contributed by atoms with van der Waals surface area (Å²) >= 11 is 0. The number of nitrogens with one attached hydrogen (secondary N) is 1. The summed E-state index contributed by atoms with van der Waals surface area (Å²) in [6.45, 7) is 1.33. The summed E-state index contributed by atoms with van der Waals surface area (Å²) in [7, 11) is 0. The molecule has 0 spiro atoms. The third kappa shape index (κ3) is 1.63. The Balaban J connectivity index is 2.69. The van der Waals surface area contributed by atoms with E-state index >= 15 is 0 Å². The number of para-hydroxylation sites is 1. The highest BCUT2D eigenvalue weighted by atomic mass is 16.4. The van der Waals surface area contributed by atoms with Crippen molar-refractivity contribution in [1.82, 2.24) is 4.68 Å². The molecule has 2 rings (SSSR count). The Hall–Kier alpha value is -2.30. The fraction of sp³-hybridized carbons (Fsp3) is 0.0909. The van der Waals surface area contributed by atoms with Crippen molar-refractivity contribution in [3.8, 4) is 0 Å². The zero-order valence-electron chi connectivity index (χ0n) is 8.60. The van der Waals surface area contributed by atoms with E-state index < -0.39 is 5.97 Å². The number of fused-ring (bicyclic) bond motifs is 1. The number of hydrogen-bond acceptors (Lipinski definition) is 2. The molecule has 5 heteroatoms. The van der Waals surface area contributed by atoms with Gasteiger partial charge in [0.25, 0.3) is 0 Å². The lowest BCUT2D eigenvalue weighted by Crippen LogP contribution is -2.23. The molecule has 0 bridgehead atoms.